The van der Waals surface area contributed by atoms with E-state index in [1.54, 1.807) is 0 Å². The van der Waals surface area contributed by atoms with E-state index in [0.717, 1.165) is 23.1 Å². The summed E-state index contributed by atoms with van der Waals surface area (Å²) in [7, 11) is -3.26. The Balaban J connectivity index is 1.59. The molecule has 7 heteroatoms. The van der Waals surface area contributed by atoms with Gasteiger partial charge in [-0.05, 0) is 36.4 Å². The Hall–Kier alpha value is -2.67. The van der Waals surface area contributed by atoms with Crippen LogP contribution in [0.15, 0.2) is 53.4 Å². The molecule has 24 heavy (non-hydrogen) atoms. The minimum absolute atomic E-state index is 0.196. The summed E-state index contributed by atoms with van der Waals surface area (Å²) in [5.41, 5.74) is 2.29. The summed E-state index contributed by atoms with van der Waals surface area (Å²) >= 11 is 0. The minimum Gasteiger partial charge on any atom is -0.352 e. The SMILES string of the molecule is CS(=O)(=O)c1ccc(C(=O)NCCc2nc3ccccc3[nH]2)cc1. The largest absolute Gasteiger partial charge is 0.352 e. The van der Waals surface area contributed by atoms with Crippen LogP contribution in [0, 0.1) is 0 Å². The molecule has 0 saturated carbocycles. The van der Waals surface area contributed by atoms with Crippen LogP contribution < -0.4 is 5.32 Å². The van der Waals surface area contributed by atoms with Crippen molar-refractivity contribution in [2.75, 3.05) is 12.8 Å². The van der Waals surface area contributed by atoms with Crippen LogP contribution in [0.2, 0.25) is 0 Å². The van der Waals surface area contributed by atoms with Gasteiger partial charge < -0.3 is 10.3 Å². The second kappa shape index (κ2) is 6.45. The van der Waals surface area contributed by atoms with Gasteiger partial charge in [-0.3, -0.25) is 4.79 Å². The van der Waals surface area contributed by atoms with E-state index in [2.05, 4.69) is 15.3 Å². The number of hydrogen-bond donors (Lipinski definition) is 2. The van der Waals surface area contributed by atoms with Crippen molar-refractivity contribution in [2.24, 2.45) is 0 Å². The molecule has 1 aromatic heterocycles. The number of hydrogen-bond acceptors (Lipinski definition) is 4. The predicted molar refractivity (Wildman–Crippen MR) is 91.7 cm³/mol. The maximum Gasteiger partial charge on any atom is 0.251 e. The van der Waals surface area contributed by atoms with Crippen molar-refractivity contribution < 1.29 is 13.2 Å². The predicted octanol–water partition coefficient (Wildman–Crippen LogP) is 1.94. The van der Waals surface area contributed by atoms with Gasteiger partial charge in [0.15, 0.2) is 9.84 Å². The van der Waals surface area contributed by atoms with Crippen molar-refractivity contribution >= 4 is 26.8 Å². The first-order chi connectivity index (χ1) is 11.4. The third kappa shape index (κ3) is 3.62. The van der Waals surface area contributed by atoms with Crippen molar-refractivity contribution in [2.45, 2.75) is 11.3 Å². The number of sulfone groups is 1. The number of benzene rings is 2. The molecule has 1 amide bonds. The van der Waals surface area contributed by atoms with Crippen LogP contribution in [0.3, 0.4) is 0 Å². The van der Waals surface area contributed by atoms with E-state index in [1.165, 1.54) is 24.3 Å². The zero-order chi connectivity index (χ0) is 17.2. The first-order valence-electron chi connectivity index (χ1n) is 7.45. The second-order valence-electron chi connectivity index (χ2n) is 5.50. The number of carbonyl (C=O) groups excluding carboxylic acids is 1. The highest BCUT2D eigenvalue weighted by molar-refractivity contribution is 7.90. The van der Waals surface area contributed by atoms with Crippen LogP contribution in [-0.4, -0.2) is 37.1 Å². The molecule has 0 aliphatic carbocycles. The number of aromatic nitrogens is 2. The normalized spacial score (nSPS) is 11.5. The summed E-state index contributed by atoms with van der Waals surface area (Å²) in [4.78, 5) is 19.9. The number of H-pyrrole nitrogens is 1. The second-order valence-corrected chi connectivity index (χ2v) is 7.52. The number of aromatic amines is 1. The molecule has 2 N–H and O–H groups in total. The molecule has 0 aliphatic heterocycles. The van der Waals surface area contributed by atoms with E-state index in [1.807, 2.05) is 24.3 Å². The number of para-hydroxylation sites is 2. The molecular formula is C17H17N3O3S. The quantitative estimate of drug-likeness (QED) is 0.740. The lowest BCUT2D eigenvalue weighted by Crippen LogP contribution is -2.25. The molecule has 0 spiro atoms. The summed E-state index contributed by atoms with van der Waals surface area (Å²) in [6.45, 7) is 0.437. The molecule has 0 radical (unpaired) electrons. The molecule has 0 aliphatic rings. The van der Waals surface area contributed by atoms with Gasteiger partial charge in [-0.25, -0.2) is 13.4 Å². The Labute approximate surface area is 139 Å². The average molecular weight is 343 g/mol. The number of nitrogens with zero attached hydrogens (tertiary/aromatic N) is 1. The van der Waals surface area contributed by atoms with E-state index in [-0.39, 0.29) is 10.8 Å². The maximum absolute atomic E-state index is 12.1. The Morgan fingerprint density at radius 2 is 1.83 bits per heavy atom. The van der Waals surface area contributed by atoms with Crippen molar-refractivity contribution in [3.63, 3.8) is 0 Å². The molecule has 0 fully saturated rings. The van der Waals surface area contributed by atoms with Crippen LogP contribution in [0.25, 0.3) is 11.0 Å². The Bertz CT molecular complexity index is 943. The van der Waals surface area contributed by atoms with Gasteiger partial charge in [-0.2, -0.15) is 0 Å². The molecule has 124 valence electrons. The smallest absolute Gasteiger partial charge is 0.251 e. The Morgan fingerprint density at radius 3 is 2.50 bits per heavy atom. The van der Waals surface area contributed by atoms with Crippen LogP contribution >= 0.6 is 0 Å². The third-order valence-corrected chi connectivity index (χ3v) is 4.76. The molecule has 3 aromatic rings. The lowest BCUT2D eigenvalue weighted by Gasteiger charge is -2.05. The zero-order valence-electron chi connectivity index (χ0n) is 13.1. The van der Waals surface area contributed by atoms with Gasteiger partial charge in [-0.15, -0.1) is 0 Å². The van der Waals surface area contributed by atoms with Gasteiger partial charge in [0.25, 0.3) is 5.91 Å². The number of carbonyl (C=O) groups is 1. The number of fused-ring (bicyclic) bond motifs is 1. The first kappa shape index (κ1) is 16.2. The zero-order valence-corrected chi connectivity index (χ0v) is 13.9. The van der Waals surface area contributed by atoms with Gasteiger partial charge in [-0.1, -0.05) is 12.1 Å². The number of imidazole rings is 1. The fourth-order valence-electron chi connectivity index (χ4n) is 2.37. The summed E-state index contributed by atoms with van der Waals surface area (Å²) in [6, 6.07) is 13.6. The van der Waals surface area contributed by atoms with Crippen LogP contribution in [0.5, 0.6) is 0 Å². The van der Waals surface area contributed by atoms with Gasteiger partial charge in [0.2, 0.25) is 0 Å². The molecule has 1 heterocycles. The molecule has 0 saturated heterocycles. The average Bonchev–Trinajstić information content (AvgIpc) is 2.96. The summed E-state index contributed by atoms with van der Waals surface area (Å²) in [5, 5.41) is 2.80. The van der Waals surface area contributed by atoms with E-state index in [0.29, 0.717) is 18.5 Å². The molecule has 6 nitrogen and oxygen atoms in total. The lowest BCUT2D eigenvalue weighted by molar-refractivity contribution is 0.0954. The Morgan fingerprint density at radius 1 is 1.12 bits per heavy atom. The van der Waals surface area contributed by atoms with Crippen molar-refractivity contribution in [1.29, 1.82) is 0 Å². The highest BCUT2D eigenvalue weighted by Gasteiger charge is 2.10. The monoisotopic (exact) mass is 343 g/mol. The molecule has 0 bridgehead atoms. The number of nitrogens with one attached hydrogen (secondary N) is 2. The van der Waals surface area contributed by atoms with Crippen LogP contribution in [0.1, 0.15) is 16.2 Å². The minimum atomic E-state index is -3.26. The van der Waals surface area contributed by atoms with Gasteiger partial charge in [0.05, 0.1) is 15.9 Å². The highest BCUT2D eigenvalue weighted by Crippen LogP contribution is 2.11. The summed E-state index contributed by atoms with van der Waals surface area (Å²) in [5.74, 6) is 0.565. The molecule has 0 atom stereocenters. The van der Waals surface area contributed by atoms with Crippen LogP contribution in [0.4, 0.5) is 0 Å². The van der Waals surface area contributed by atoms with Gasteiger partial charge in [0, 0.05) is 24.8 Å². The van der Waals surface area contributed by atoms with E-state index < -0.39 is 9.84 Å². The molecule has 3 rings (SSSR count). The van der Waals surface area contributed by atoms with E-state index >= 15 is 0 Å². The molecule has 2 aromatic carbocycles. The summed E-state index contributed by atoms with van der Waals surface area (Å²) in [6.07, 6.45) is 1.72. The van der Waals surface area contributed by atoms with E-state index in [9.17, 15) is 13.2 Å². The molecule has 0 unspecified atom stereocenters. The van der Waals surface area contributed by atoms with Gasteiger partial charge in [0.1, 0.15) is 5.82 Å². The fraction of sp³-hybridized carbons (Fsp3) is 0.176. The van der Waals surface area contributed by atoms with Crippen molar-refractivity contribution in [3.8, 4) is 0 Å². The topological polar surface area (TPSA) is 91.9 Å². The van der Waals surface area contributed by atoms with Gasteiger partial charge >= 0.3 is 0 Å². The van der Waals surface area contributed by atoms with Crippen molar-refractivity contribution in [1.82, 2.24) is 15.3 Å². The lowest BCUT2D eigenvalue weighted by atomic mass is 10.2. The third-order valence-electron chi connectivity index (χ3n) is 3.63. The standard InChI is InChI=1S/C17H17N3O3S/c1-24(22,23)13-8-6-12(7-9-13)17(21)18-11-10-16-19-14-4-2-3-5-15(14)20-16/h2-9H,10-11H2,1H3,(H,18,21)(H,19,20). The van der Waals surface area contributed by atoms with E-state index in [4.69, 9.17) is 0 Å². The first-order valence-corrected chi connectivity index (χ1v) is 9.34. The number of rotatable bonds is 5. The summed E-state index contributed by atoms with van der Waals surface area (Å²) < 4.78 is 22.8. The fourth-order valence-corrected chi connectivity index (χ4v) is 3.00. The highest BCUT2D eigenvalue weighted by atomic mass is 32.2. The van der Waals surface area contributed by atoms with Crippen molar-refractivity contribution in [3.05, 3.63) is 59.9 Å². The Kier molecular flexibility index (Phi) is 4.35. The number of amides is 1. The maximum atomic E-state index is 12.1. The molecular weight excluding hydrogens is 326 g/mol. The van der Waals surface area contributed by atoms with Crippen LogP contribution in [-0.2, 0) is 16.3 Å².